The summed E-state index contributed by atoms with van der Waals surface area (Å²) in [4.78, 5) is 7.29. The van der Waals surface area contributed by atoms with Crippen molar-refractivity contribution in [2.24, 2.45) is 10.9 Å². The van der Waals surface area contributed by atoms with E-state index in [1.165, 1.54) is 0 Å². The normalized spacial score (nSPS) is 17.0. The zero-order chi connectivity index (χ0) is 20.5. The lowest BCUT2D eigenvalue weighted by Gasteiger charge is -2.36. The molecule has 0 spiro atoms. The first-order chi connectivity index (χ1) is 13.5. The third-order valence-electron chi connectivity index (χ3n) is 4.90. The summed E-state index contributed by atoms with van der Waals surface area (Å²) >= 11 is 2.08. The van der Waals surface area contributed by atoms with E-state index in [4.69, 9.17) is 19.2 Å². The first-order valence-electron chi connectivity index (χ1n) is 9.98. The van der Waals surface area contributed by atoms with Crippen LogP contribution in [0, 0.1) is 5.92 Å². The average Bonchev–Trinajstić information content (AvgIpc) is 2.72. The summed E-state index contributed by atoms with van der Waals surface area (Å²) in [6.07, 6.45) is 0.772. The number of nitrogens with one attached hydrogen (secondary N) is 1. The van der Waals surface area contributed by atoms with Gasteiger partial charge in [0.2, 0.25) is 5.75 Å². The minimum Gasteiger partial charge on any atom is -0.493 e. The van der Waals surface area contributed by atoms with Crippen LogP contribution in [0.2, 0.25) is 0 Å². The van der Waals surface area contributed by atoms with Crippen LogP contribution in [-0.2, 0) is 6.42 Å². The molecule has 2 rings (SSSR count). The first kappa shape index (κ1) is 26.0. The Morgan fingerprint density at radius 2 is 1.93 bits per heavy atom. The molecule has 1 heterocycles. The van der Waals surface area contributed by atoms with Gasteiger partial charge >= 0.3 is 0 Å². The predicted molar refractivity (Wildman–Crippen MR) is 134 cm³/mol. The number of hydrogen-bond donors (Lipinski definition) is 1. The maximum atomic E-state index is 5.59. The Hall–Kier alpha value is -1.03. The van der Waals surface area contributed by atoms with Crippen molar-refractivity contribution < 1.29 is 14.2 Å². The summed E-state index contributed by atoms with van der Waals surface area (Å²) in [7, 11) is 4.92. The van der Waals surface area contributed by atoms with E-state index in [1.807, 2.05) is 12.1 Å². The third-order valence-corrected chi connectivity index (χ3v) is 6.44. The van der Waals surface area contributed by atoms with E-state index in [-0.39, 0.29) is 24.0 Å². The fraction of sp³-hybridized carbons (Fsp3) is 0.667. The van der Waals surface area contributed by atoms with Crippen LogP contribution < -0.4 is 19.5 Å². The SMILES string of the molecule is CCNC(=NCCc1ccc(OC)c(OC)c1OC)N1CCSC(C(C)C)C1.I. The lowest BCUT2D eigenvalue weighted by molar-refractivity contribution is 0.322. The van der Waals surface area contributed by atoms with E-state index in [0.717, 1.165) is 49.1 Å². The highest BCUT2D eigenvalue weighted by molar-refractivity contribution is 14.0. The van der Waals surface area contributed by atoms with Crippen molar-refractivity contribution in [3.8, 4) is 17.2 Å². The van der Waals surface area contributed by atoms with Gasteiger partial charge in [0.1, 0.15) is 0 Å². The number of thioether (sulfide) groups is 1. The van der Waals surface area contributed by atoms with Gasteiger partial charge in [-0.15, -0.1) is 24.0 Å². The summed E-state index contributed by atoms with van der Waals surface area (Å²) < 4.78 is 16.4. The van der Waals surface area contributed by atoms with Crippen LogP contribution in [-0.4, -0.2) is 69.4 Å². The maximum absolute atomic E-state index is 5.59. The number of guanidine groups is 1. The molecule has 1 saturated heterocycles. The second kappa shape index (κ2) is 13.3. The molecule has 1 aliphatic heterocycles. The van der Waals surface area contributed by atoms with Crippen LogP contribution in [0.15, 0.2) is 17.1 Å². The highest BCUT2D eigenvalue weighted by atomic mass is 127. The predicted octanol–water partition coefficient (Wildman–Crippen LogP) is 3.91. The number of hydrogen-bond acceptors (Lipinski definition) is 5. The molecule has 0 aliphatic carbocycles. The smallest absolute Gasteiger partial charge is 0.203 e. The van der Waals surface area contributed by atoms with Crippen LogP contribution in [0.25, 0.3) is 0 Å². The Bertz CT molecular complexity index is 658. The number of ether oxygens (including phenoxy) is 3. The number of rotatable bonds is 8. The zero-order valence-corrected chi connectivity index (χ0v) is 21.6. The molecular weight excluding hydrogens is 501 g/mol. The molecule has 166 valence electrons. The molecule has 0 bridgehead atoms. The molecule has 1 aromatic rings. The number of methoxy groups -OCH3 is 3. The summed E-state index contributed by atoms with van der Waals surface area (Å²) in [5, 5.41) is 4.11. The fourth-order valence-electron chi connectivity index (χ4n) is 3.34. The molecule has 1 unspecified atom stereocenters. The quantitative estimate of drug-likeness (QED) is 0.309. The Morgan fingerprint density at radius 3 is 2.52 bits per heavy atom. The highest BCUT2D eigenvalue weighted by Crippen LogP contribution is 2.39. The van der Waals surface area contributed by atoms with Gasteiger partial charge in [0.05, 0.1) is 21.3 Å². The van der Waals surface area contributed by atoms with Gasteiger partial charge in [-0.25, -0.2) is 0 Å². The van der Waals surface area contributed by atoms with Gasteiger partial charge in [0.25, 0.3) is 0 Å². The molecule has 29 heavy (non-hydrogen) atoms. The lowest BCUT2D eigenvalue weighted by atomic mass is 10.1. The number of nitrogens with zero attached hydrogens (tertiary/aromatic N) is 2. The van der Waals surface area contributed by atoms with E-state index in [1.54, 1.807) is 21.3 Å². The Labute approximate surface area is 197 Å². The van der Waals surface area contributed by atoms with E-state index in [9.17, 15) is 0 Å². The number of benzene rings is 1. The van der Waals surface area contributed by atoms with Crippen molar-refractivity contribution in [1.82, 2.24) is 10.2 Å². The second-order valence-corrected chi connectivity index (χ2v) is 8.43. The van der Waals surface area contributed by atoms with Crippen molar-refractivity contribution in [2.75, 3.05) is 53.3 Å². The molecule has 8 heteroatoms. The van der Waals surface area contributed by atoms with Crippen LogP contribution in [0.4, 0.5) is 0 Å². The average molecular weight is 538 g/mol. The van der Waals surface area contributed by atoms with Gasteiger partial charge in [-0.1, -0.05) is 19.9 Å². The largest absolute Gasteiger partial charge is 0.493 e. The summed E-state index contributed by atoms with van der Waals surface area (Å²) in [6.45, 7) is 10.4. The van der Waals surface area contributed by atoms with E-state index < -0.39 is 0 Å². The Balaban J connectivity index is 0.00000420. The van der Waals surface area contributed by atoms with Crippen LogP contribution in [0.3, 0.4) is 0 Å². The molecule has 6 nitrogen and oxygen atoms in total. The number of halogens is 1. The van der Waals surface area contributed by atoms with Crippen molar-refractivity contribution in [1.29, 1.82) is 0 Å². The van der Waals surface area contributed by atoms with Gasteiger partial charge in [0.15, 0.2) is 17.5 Å². The lowest BCUT2D eigenvalue weighted by Crippen LogP contribution is -2.49. The van der Waals surface area contributed by atoms with Crippen molar-refractivity contribution in [3.05, 3.63) is 17.7 Å². The molecule has 0 saturated carbocycles. The third kappa shape index (κ3) is 7.01. The monoisotopic (exact) mass is 537 g/mol. The summed E-state index contributed by atoms with van der Waals surface area (Å²) in [5.41, 5.74) is 1.06. The van der Waals surface area contributed by atoms with Gasteiger partial charge in [0, 0.05) is 42.7 Å². The highest BCUT2D eigenvalue weighted by Gasteiger charge is 2.25. The zero-order valence-electron chi connectivity index (χ0n) is 18.5. The standard InChI is InChI=1S/C21H35N3O3S.HI/c1-7-22-21(24-12-13-28-18(14-24)15(2)3)23-11-10-16-8-9-17(25-4)20(27-6)19(16)26-5;/h8-9,15,18H,7,10-14H2,1-6H3,(H,22,23);1H. The van der Waals surface area contributed by atoms with E-state index >= 15 is 0 Å². The van der Waals surface area contributed by atoms with Crippen LogP contribution in [0.1, 0.15) is 26.3 Å². The Morgan fingerprint density at radius 1 is 1.21 bits per heavy atom. The topological polar surface area (TPSA) is 55.3 Å². The first-order valence-corrected chi connectivity index (χ1v) is 11.0. The van der Waals surface area contributed by atoms with Gasteiger partial charge in [-0.3, -0.25) is 4.99 Å². The molecular formula is C21H36IN3O3S. The van der Waals surface area contributed by atoms with E-state index in [2.05, 4.69) is 42.7 Å². The summed E-state index contributed by atoms with van der Waals surface area (Å²) in [6, 6.07) is 3.94. The molecule has 0 aromatic heterocycles. The second-order valence-electron chi connectivity index (χ2n) is 7.08. The van der Waals surface area contributed by atoms with Crippen molar-refractivity contribution in [2.45, 2.75) is 32.4 Å². The van der Waals surface area contributed by atoms with E-state index in [0.29, 0.717) is 29.2 Å². The van der Waals surface area contributed by atoms with Gasteiger partial charge in [-0.05, 0) is 25.3 Å². The molecule has 1 aromatic carbocycles. The molecule has 0 amide bonds. The minimum atomic E-state index is 0. The Kier molecular flexibility index (Phi) is 11.9. The van der Waals surface area contributed by atoms with Crippen LogP contribution in [0.5, 0.6) is 17.2 Å². The van der Waals surface area contributed by atoms with Gasteiger partial charge in [-0.2, -0.15) is 11.8 Å². The van der Waals surface area contributed by atoms with Crippen molar-refractivity contribution in [3.63, 3.8) is 0 Å². The molecule has 1 aliphatic rings. The fourth-order valence-corrected chi connectivity index (χ4v) is 4.64. The number of aliphatic imine (C=N–C) groups is 1. The molecule has 1 atom stereocenters. The minimum absolute atomic E-state index is 0. The maximum Gasteiger partial charge on any atom is 0.203 e. The molecule has 1 fully saturated rings. The van der Waals surface area contributed by atoms with Crippen LogP contribution >= 0.6 is 35.7 Å². The molecule has 1 N–H and O–H groups in total. The van der Waals surface area contributed by atoms with Crippen molar-refractivity contribution >= 4 is 41.7 Å². The summed E-state index contributed by atoms with van der Waals surface area (Å²) in [5.74, 6) is 4.85. The molecule has 0 radical (unpaired) electrons. The van der Waals surface area contributed by atoms with Gasteiger partial charge < -0.3 is 24.4 Å².